The maximum atomic E-state index is 13.5. The van der Waals surface area contributed by atoms with Gasteiger partial charge in [-0.15, -0.1) is 0 Å². The van der Waals surface area contributed by atoms with Crippen molar-refractivity contribution in [2.75, 3.05) is 11.9 Å². The lowest BCUT2D eigenvalue weighted by Gasteiger charge is -2.36. The van der Waals surface area contributed by atoms with Crippen LogP contribution < -0.4 is 15.8 Å². The number of nitrogens with zero attached hydrogens (tertiary/aromatic N) is 1. The quantitative estimate of drug-likeness (QED) is 0.136. The van der Waals surface area contributed by atoms with Gasteiger partial charge in [0.2, 0.25) is 11.8 Å². The van der Waals surface area contributed by atoms with Crippen molar-refractivity contribution in [1.29, 1.82) is 0 Å². The number of nitrogens with one attached hydrogen (secondary N) is 1. The van der Waals surface area contributed by atoms with Crippen molar-refractivity contribution in [1.82, 2.24) is 4.98 Å². The van der Waals surface area contributed by atoms with E-state index >= 15 is 0 Å². The summed E-state index contributed by atoms with van der Waals surface area (Å²) in [6, 6.07) is 34.5. The number of aryl methyl sites for hydroxylation is 1. The summed E-state index contributed by atoms with van der Waals surface area (Å²) in [7, 11) is 0. The van der Waals surface area contributed by atoms with Gasteiger partial charge >= 0.3 is 0 Å². The van der Waals surface area contributed by atoms with E-state index in [1.165, 1.54) is 0 Å². The van der Waals surface area contributed by atoms with Gasteiger partial charge in [0.25, 0.3) is 0 Å². The highest BCUT2D eigenvalue weighted by Crippen LogP contribution is 2.54. The van der Waals surface area contributed by atoms with Gasteiger partial charge in [0.1, 0.15) is 11.5 Å². The number of hydrogen-bond acceptors (Lipinski definition) is 6. The number of hydrogen-bond donors (Lipinski definition) is 2. The predicted molar refractivity (Wildman–Crippen MR) is 175 cm³/mol. The largest absolute Gasteiger partial charge is 0.493 e. The molecule has 1 fully saturated rings. The number of primary amides is 1. The van der Waals surface area contributed by atoms with E-state index in [1.54, 1.807) is 0 Å². The molecule has 1 amide bonds. The summed E-state index contributed by atoms with van der Waals surface area (Å²) in [6.07, 6.45) is 2.60. The van der Waals surface area contributed by atoms with Crippen molar-refractivity contribution in [2.45, 2.75) is 45.1 Å². The Hall–Kier alpha value is -5.17. The molecular weight excluding hydrogens is 562 g/mol. The highest BCUT2D eigenvalue weighted by molar-refractivity contribution is 6.12. The molecule has 7 heteroatoms. The lowest BCUT2D eigenvalue weighted by Crippen LogP contribution is -2.39. The zero-order chi connectivity index (χ0) is 31.4. The molecule has 0 spiro atoms. The molecule has 0 unspecified atom stereocenters. The van der Waals surface area contributed by atoms with Crippen LogP contribution in [0.3, 0.4) is 0 Å². The number of rotatable bonds is 13. The second-order valence-corrected chi connectivity index (χ2v) is 12.0. The Morgan fingerprint density at radius 2 is 1.56 bits per heavy atom. The maximum absolute atomic E-state index is 13.5. The van der Waals surface area contributed by atoms with Crippen LogP contribution >= 0.6 is 0 Å². The van der Waals surface area contributed by atoms with E-state index in [2.05, 4.69) is 17.2 Å². The van der Waals surface area contributed by atoms with Crippen LogP contribution in [0.25, 0.3) is 11.5 Å². The number of benzene rings is 4. The third-order valence-electron chi connectivity index (χ3n) is 8.70. The highest BCUT2D eigenvalue weighted by Gasteiger charge is 2.52. The molecule has 1 atom stereocenters. The van der Waals surface area contributed by atoms with Crippen molar-refractivity contribution in [3.63, 3.8) is 0 Å². The van der Waals surface area contributed by atoms with Gasteiger partial charge in [0, 0.05) is 28.8 Å². The summed E-state index contributed by atoms with van der Waals surface area (Å²) in [6.45, 7) is 4.42. The topological polar surface area (TPSA) is 107 Å². The Kier molecular flexibility index (Phi) is 8.26. The van der Waals surface area contributed by atoms with Crippen LogP contribution in [0, 0.1) is 12.3 Å². The van der Waals surface area contributed by atoms with Crippen molar-refractivity contribution in [2.24, 2.45) is 11.1 Å². The van der Waals surface area contributed by atoms with Gasteiger partial charge in [0.05, 0.1) is 23.3 Å². The molecule has 5 aromatic rings. The first-order valence-electron chi connectivity index (χ1n) is 15.3. The molecule has 0 bridgehead atoms. The molecule has 0 aliphatic heterocycles. The van der Waals surface area contributed by atoms with Crippen molar-refractivity contribution >= 4 is 17.4 Å². The van der Waals surface area contributed by atoms with E-state index < -0.39 is 11.0 Å². The Morgan fingerprint density at radius 3 is 2.22 bits per heavy atom. The zero-order valence-corrected chi connectivity index (χ0v) is 25.6. The van der Waals surface area contributed by atoms with Gasteiger partial charge in [-0.2, -0.15) is 0 Å². The van der Waals surface area contributed by atoms with E-state index in [4.69, 9.17) is 14.9 Å². The minimum atomic E-state index is -0.692. The molecule has 4 aromatic carbocycles. The molecule has 7 nitrogen and oxygen atoms in total. The fourth-order valence-corrected chi connectivity index (χ4v) is 5.94. The third-order valence-corrected chi connectivity index (χ3v) is 8.70. The number of carbonyl (C=O) groups excluding carboxylic acids is 2. The lowest BCUT2D eigenvalue weighted by molar-refractivity contribution is -0.123. The maximum Gasteiger partial charge on any atom is 0.226 e. The Labute approximate surface area is 263 Å². The predicted octanol–water partition coefficient (Wildman–Crippen LogP) is 7.49. The number of ketones is 1. The normalized spacial score (nSPS) is 14.7. The van der Waals surface area contributed by atoms with Crippen LogP contribution in [0.4, 0.5) is 5.69 Å². The van der Waals surface area contributed by atoms with Crippen LogP contribution in [-0.2, 0) is 16.8 Å². The first-order chi connectivity index (χ1) is 21.8. The van der Waals surface area contributed by atoms with Crippen LogP contribution in [-0.4, -0.2) is 23.3 Å². The van der Waals surface area contributed by atoms with Crippen LogP contribution in [0.5, 0.6) is 5.75 Å². The van der Waals surface area contributed by atoms with Gasteiger partial charge in [-0.1, -0.05) is 72.8 Å². The van der Waals surface area contributed by atoms with Gasteiger partial charge in [-0.25, -0.2) is 4.98 Å². The molecule has 3 N–H and O–H groups in total. The highest BCUT2D eigenvalue weighted by atomic mass is 16.5. The smallest absolute Gasteiger partial charge is 0.226 e. The molecule has 228 valence electrons. The van der Waals surface area contributed by atoms with Crippen LogP contribution in [0.15, 0.2) is 114 Å². The fraction of sp³-hybridized carbons (Fsp3) is 0.237. The average Bonchev–Trinajstić information content (AvgIpc) is 3.75. The summed E-state index contributed by atoms with van der Waals surface area (Å²) in [5.41, 5.74) is 9.27. The number of amides is 1. The summed E-state index contributed by atoms with van der Waals surface area (Å²) in [4.78, 5) is 30.7. The van der Waals surface area contributed by atoms with E-state index in [0.29, 0.717) is 42.2 Å². The molecule has 1 saturated carbocycles. The Bertz CT molecular complexity index is 1790. The summed E-state index contributed by atoms with van der Waals surface area (Å²) in [5, 5.41) is 3.66. The number of ether oxygens (including phenoxy) is 1. The number of oxazole rings is 1. The van der Waals surface area contributed by atoms with Gasteiger partial charge in [-0.05, 0) is 75.1 Å². The number of nitrogens with two attached hydrogens (primary N) is 1. The Morgan fingerprint density at radius 1 is 0.911 bits per heavy atom. The minimum absolute atomic E-state index is 0.0703. The van der Waals surface area contributed by atoms with E-state index in [9.17, 15) is 9.59 Å². The van der Waals surface area contributed by atoms with Gasteiger partial charge in [-0.3, -0.25) is 9.59 Å². The van der Waals surface area contributed by atoms with Gasteiger partial charge < -0.3 is 20.2 Å². The number of carbonyl (C=O) groups is 2. The van der Waals surface area contributed by atoms with Crippen molar-refractivity contribution in [3.05, 3.63) is 137 Å². The molecule has 45 heavy (non-hydrogen) atoms. The minimum Gasteiger partial charge on any atom is -0.493 e. The standard InChI is InChI=1S/C38H37N3O4/c1-26-32(40-35(45-26)28-13-7-4-8-14-28)21-24-44-30-19-17-29(18-20-30)37(2,25-38(22-23-38)36(39)43)41-33-16-10-9-15-31(33)34(42)27-11-5-3-6-12-27/h3-20,41H,21-25H2,1-2H3,(H2,39,43)/t37-/m0/s1. The molecule has 1 aliphatic rings. The third kappa shape index (κ3) is 6.53. The molecule has 1 aromatic heterocycles. The number of aromatic nitrogens is 1. The monoisotopic (exact) mass is 599 g/mol. The van der Waals surface area contributed by atoms with Crippen LogP contribution in [0.2, 0.25) is 0 Å². The molecular formula is C38H37N3O4. The van der Waals surface area contributed by atoms with E-state index in [1.807, 2.05) is 116 Å². The first-order valence-corrected chi connectivity index (χ1v) is 15.3. The fourth-order valence-electron chi connectivity index (χ4n) is 5.94. The molecule has 6 rings (SSSR count). The summed E-state index contributed by atoms with van der Waals surface area (Å²) >= 11 is 0. The molecule has 1 heterocycles. The van der Waals surface area contributed by atoms with Gasteiger partial charge in [0.15, 0.2) is 5.78 Å². The summed E-state index contributed by atoms with van der Waals surface area (Å²) in [5.74, 6) is 1.75. The molecule has 1 aliphatic carbocycles. The summed E-state index contributed by atoms with van der Waals surface area (Å²) < 4.78 is 12.0. The number of para-hydroxylation sites is 1. The zero-order valence-electron chi connectivity index (χ0n) is 25.6. The SMILES string of the molecule is Cc1oc(-c2ccccc2)nc1CCOc1ccc([C@](C)(CC2(C(N)=O)CC2)Nc2ccccc2C(=O)c2ccccc2)cc1. The average molecular weight is 600 g/mol. The lowest BCUT2D eigenvalue weighted by atomic mass is 9.80. The second-order valence-electron chi connectivity index (χ2n) is 12.0. The van der Waals surface area contributed by atoms with E-state index in [-0.39, 0.29) is 11.7 Å². The Balaban J connectivity index is 1.20. The second kappa shape index (κ2) is 12.4. The van der Waals surface area contributed by atoms with Crippen molar-refractivity contribution in [3.8, 4) is 17.2 Å². The van der Waals surface area contributed by atoms with Crippen molar-refractivity contribution < 1.29 is 18.7 Å². The number of anilines is 1. The molecule has 0 radical (unpaired) electrons. The van der Waals surface area contributed by atoms with Crippen LogP contribution in [0.1, 0.15) is 59.1 Å². The first kappa shape index (κ1) is 29.9. The van der Waals surface area contributed by atoms with E-state index in [0.717, 1.165) is 41.2 Å². The molecule has 0 saturated heterocycles.